The SMILES string of the molecule is CCC(O)(CC)c1ccc(O)c(OC)c1.CCC(O)(CC)c1ccc(O[Si](C)(C)C(C)(C)C)c(OC)c1. The molecule has 0 atom stereocenters. The van der Waals surface area contributed by atoms with E-state index in [1.54, 1.807) is 25.3 Å². The first-order valence-corrected chi connectivity index (χ1v) is 16.2. The minimum Gasteiger partial charge on any atom is -0.541 e. The van der Waals surface area contributed by atoms with Crippen LogP contribution in [0.3, 0.4) is 0 Å². The molecular weight excluding hydrogens is 484 g/mol. The van der Waals surface area contributed by atoms with E-state index >= 15 is 0 Å². The van der Waals surface area contributed by atoms with Crippen LogP contribution in [0.15, 0.2) is 36.4 Å². The molecule has 3 N–H and O–H groups in total. The summed E-state index contributed by atoms with van der Waals surface area (Å²) in [6.45, 7) is 18.9. The van der Waals surface area contributed by atoms with Gasteiger partial charge in [-0.25, -0.2) is 0 Å². The molecule has 0 saturated heterocycles. The monoisotopic (exact) mass is 534 g/mol. The maximum atomic E-state index is 10.7. The van der Waals surface area contributed by atoms with Crippen molar-refractivity contribution in [3.05, 3.63) is 47.5 Å². The van der Waals surface area contributed by atoms with E-state index in [-0.39, 0.29) is 10.8 Å². The lowest BCUT2D eigenvalue weighted by molar-refractivity contribution is 0.0278. The number of benzene rings is 2. The lowest BCUT2D eigenvalue weighted by Crippen LogP contribution is -2.44. The van der Waals surface area contributed by atoms with Gasteiger partial charge < -0.3 is 29.2 Å². The van der Waals surface area contributed by atoms with Crippen LogP contribution < -0.4 is 13.9 Å². The second kappa shape index (κ2) is 13.0. The second-order valence-electron chi connectivity index (χ2n) is 11.1. The zero-order valence-electron chi connectivity index (χ0n) is 24.9. The van der Waals surface area contributed by atoms with Gasteiger partial charge >= 0.3 is 0 Å². The molecule has 0 fully saturated rings. The molecule has 0 aliphatic heterocycles. The minimum atomic E-state index is -1.92. The number of methoxy groups -OCH3 is 2. The van der Waals surface area contributed by atoms with Gasteiger partial charge in [-0.15, -0.1) is 0 Å². The predicted octanol–water partition coefficient (Wildman–Crippen LogP) is 7.50. The Morgan fingerprint density at radius 2 is 1.08 bits per heavy atom. The highest BCUT2D eigenvalue weighted by Crippen LogP contribution is 2.42. The van der Waals surface area contributed by atoms with Crippen molar-refractivity contribution in [1.29, 1.82) is 0 Å². The van der Waals surface area contributed by atoms with Crippen LogP contribution in [0.4, 0.5) is 0 Å². The molecule has 37 heavy (non-hydrogen) atoms. The Labute approximate surface area is 225 Å². The second-order valence-corrected chi connectivity index (χ2v) is 15.8. The van der Waals surface area contributed by atoms with Gasteiger partial charge in [-0.05, 0) is 79.2 Å². The zero-order chi connectivity index (χ0) is 28.7. The summed E-state index contributed by atoms with van der Waals surface area (Å²) in [6, 6.07) is 10.8. The summed E-state index contributed by atoms with van der Waals surface area (Å²) in [5.41, 5.74) is 0.0307. The summed E-state index contributed by atoms with van der Waals surface area (Å²) in [7, 11) is 1.23. The lowest BCUT2D eigenvalue weighted by atomic mass is 9.88. The van der Waals surface area contributed by atoms with E-state index < -0.39 is 19.5 Å². The minimum absolute atomic E-state index is 0.0933. The largest absolute Gasteiger partial charge is 0.541 e. The fourth-order valence-electron chi connectivity index (χ4n) is 3.75. The maximum absolute atomic E-state index is 10.7. The Morgan fingerprint density at radius 1 is 0.676 bits per heavy atom. The van der Waals surface area contributed by atoms with Gasteiger partial charge in [-0.1, -0.05) is 60.6 Å². The average Bonchev–Trinajstić information content (AvgIpc) is 2.87. The molecule has 0 saturated carbocycles. The van der Waals surface area contributed by atoms with E-state index in [4.69, 9.17) is 13.9 Å². The number of ether oxygens (including phenoxy) is 2. The van der Waals surface area contributed by atoms with Crippen molar-refractivity contribution in [3.63, 3.8) is 0 Å². The molecule has 0 unspecified atom stereocenters. The Hall–Kier alpha value is -2.22. The quantitative estimate of drug-likeness (QED) is 0.274. The van der Waals surface area contributed by atoms with Crippen molar-refractivity contribution in [2.45, 2.75) is 103 Å². The van der Waals surface area contributed by atoms with E-state index in [9.17, 15) is 15.3 Å². The molecule has 0 bridgehead atoms. The van der Waals surface area contributed by atoms with E-state index in [0.717, 1.165) is 16.9 Å². The molecule has 0 aliphatic rings. The molecule has 2 rings (SSSR count). The maximum Gasteiger partial charge on any atom is 0.250 e. The van der Waals surface area contributed by atoms with Gasteiger partial charge in [0.2, 0.25) is 0 Å². The molecule has 210 valence electrons. The lowest BCUT2D eigenvalue weighted by Gasteiger charge is -2.37. The van der Waals surface area contributed by atoms with Crippen LogP contribution in [0, 0.1) is 0 Å². The van der Waals surface area contributed by atoms with Gasteiger partial charge in [0.15, 0.2) is 17.2 Å². The Balaban J connectivity index is 0.000000397. The molecule has 2 aromatic rings. The summed E-state index contributed by atoms with van der Waals surface area (Å²) in [5, 5.41) is 30.5. The molecule has 0 spiro atoms. The van der Waals surface area contributed by atoms with Crippen molar-refractivity contribution in [3.8, 4) is 23.0 Å². The fraction of sp³-hybridized carbons (Fsp3) is 0.600. The zero-order valence-corrected chi connectivity index (χ0v) is 25.9. The van der Waals surface area contributed by atoms with Crippen LogP contribution >= 0.6 is 0 Å². The highest BCUT2D eigenvalue weighted by atomic mass is 28.4. The third kappa shape index (κ3) is 7.88. The standard InChI is InChI=1S/C18H32O3Si.C12H18O3/c1-9-18(19,10-2)14-11-12-15(16(13-14)20-6)21-22(7,8)17(3,4)5;1-4-12(14,5-2)9-6-7-10(13)11(8-9)15-3/h11-13,19H,9-10H2,1-8H3;6-8,13-14H,4-5H2,1-3H3. The number of phenolic OH excluding ortho intramolecular Hbond substituents is 1. The van der Waals surface area contributed by atoms with Gasteiger partial charge in [0.1, 0.15) is 5.75 Å². The molecule has 7 heteroatoms. The smallest absolute Gasteiger partial charge is 0.250 e. The summed E-state index contributed by atoms with van der Waals surface area (Å²) in [5.74, 6) is 1.96. The number of hydrogen-bond acceptors (Lipinski definition) is 6. The Morgan fingerprint density at radius 3 is 1.46 bits per heavy atom. The normalized spacial score (nSPS) is 12.5. The number of aromatic hydroxyl groups is 1. The van der Waals surface area contributed by atoms with Gasteiger partial charge in [-0.3, -0.25) is 0 Å². The van der Waals surface area contributed by atoms with E-state index in [0.29, 0.717) is 37.2 Å². The summed E-state index contributed by atoms with van der Waals surface area (Å²) in [6.07, 6.45) is 2.62. The van der Waals surface area contributed by atoms with Crippen LogP contribution in [0.5, 0.6) is 23.0 Å². The van der Waals surface area contributed by atoms with Crippen molar-refractivity contribution in [2.24, 2.45) is 0 Å². The molecule has 2 aromatic carbocycles. The third-order valence-corrected chi connectivity index (χ3v) is 12.3. The van der Waals surface area contributed by atoms with E-state index in [2.05, 4.69) is 33.9 Å². The van der Waals surface area contributed by atoms with Crippen LogP contribution in [-0.2, 0) is 11.2 Å². The highest BCUT2D eigenvalue weighted by molar-refractivity contribution is 6.74. The number of aliphatic hydroxyl groups is 2. The summed E-state index contributed by atoms with van der Waals surface area (Å²) >= 11 is 0. The summed E-state index contributed by atoms with van der Waals surface area (Å²) in [4.78, 5) is 0. The van der Waals surface area contributed by atoms with Crippen molar-refractivity contribution < 1.29 is 29.2 Å². The Kier molecular flexibility index (Phi) is 11.6. The van der Waals surface area contributed by atoms with Crippen LogP contribution in [0.2, 0.25) is 18.1 Å². The van der Waals surface area contributed by atoms with Crippen LogP contribution in [0.1, 0.15) is 85.3 Å². The van der Waals surface area contributed by atoms with Gasteiger partial charge in [0.25, 0.3) is 8.32 Å². The molecule has 0 radical (unpaired) electrons. The predicted molar refractivity (Wildman–Crippen MR) is 154 cm³/mol. The first kappa shape index (κ1) is 32.8. The van der Waals surface area contributed by atoms with Crippen molar-refractivity contribution in [2.75, 3.05) is 14.2 Å². The first-order chi connectivity index (χ1) is 17.1. The number of hydrogen-bond donors (Lipinski definition) is 3. The molecule has 0 heterocycles. The fourth-order valence-corrected chi connectivity index (χ4v) is 4.78. The molecule has 0 aromatic heterocycles. The number of phenols is 1. The van der Waals surface area contributed by atoms with E-state index in [1.165, 1.54) is 7.11 Å². The van der Waals surface area contributed by atoms with Crippen molar-refractivity contribution >= 4 is 8.32 Å². The topological polar surface area (TPSA) is 88.4 Å². The summed E-state index contributed by atoms with van der Waals surface area (Å²) < 4.78 is 16.9. The average molecular weight is 535 g/mol. The first-order valence-electron chi connectivity index (χ1n) is 13.3. The highest BCUT2D eigenvalue weighted by Gasteiger charge is 2.39. The third-order valence-electron chi connectivity index (χ3n) is 7.93. The van der Waals surface area contributed by atoms with Gasteiger partial charge in [-0.2, -0.15) is 0 Å². The molecule has 6 nitrogen and oxygen atoms in total. The van der Waals surface area contributed by atoms with E-state index in [1.807, 2.05) is 45.9 Å². The Bertz CT molecular complexity index is 988. The molecule has 0 amide bonds. The van der Waals surface area contributed by atoms with Gasteiger partial charge in [0, 0.05) is 0 Å². The van der Waals surface area contributed by atoms with Crippen LogP contribution in [0.25, 0.3) is 0 Å². The molecular formula is C30H50O6Si. The van der Waals surface area contributed by atoms with Crippen LogP contribution in [-0.4, -0.2) is 37.9 Å². The van der Waals surface area contributed by atoms with Crippen molar-refractivity contribution in [1.82, 2.24) is 0 Å². The van der Waals surface area contributed by atoms with Gasteiger partial charge in [0.05, 0.1) is 25.4 Å². The number of rotatable bonds is 10. The molecule has 0 aliphatic carbocycles.